The van der Waals surface area contributed by atoms with Crippen LogP contribution in [0.25, 0.3) is 0 Å². The minimum Gasteiger partial charge on any atom is -2.00 e. The van der Waals surface area contributed by atoms with Crippen LogP contribution in [0.5, 0.6) is 0 Å². The van der Waals surface area contributed by atoms with Crippen molar-refractivity contribution in [3.8, 4) is 0 Å². The molecule has 0 heterocycles. The third-order valence-corrected chi connectivity index (χ3v) is 0. The van der Waals surface area contributed by atoms with Gasteiger partial charge < -0.3 is 67.5 Å². The summed E-state index contributed by atoms with van der Waals surface area (Å²) in [5.74, 6) is 0. The smallest absolute Gasteiger partial charge is 2.00 e. The van der Waals surface area contributed by atoms with Gasteiger partial charge >= 0.3 is 82.4 Å². The van der Waals surface area contributed by atoms with Crippen LogP contribution in [0, 0.1) is 0 Å². The summed E-state index contributed by atoms with van der Waals surface area (Å²) in [7, 11) is 0. The van der Waals surface area contributed by atoms with Crippen molar-refractivity contribution in [3.05, 3.63) is 0 Å². The van der Waals surface area contributed by atoms with E-state index < -0.39 is 0 Å². The van der Waals surface area contributed by atoms with Crippen molar-refractivity contribution in [2.24, 2.45) is 0 Å². The van der Waals surface area contributed by atoms with Crippen LogP contribution < -0.4 is 0 Å². The minimum atomic E-state index is 0. The summed E-state index contributed by atoms with van der Waals surface area (Å²) in [5.41, 5.74) is 0. The van der Waals surface area contributed by atoms with Crippen molar-refractivity contribution < 1.29 is 33.6 Å². The average Bonchev–Trinajstić information content (AvgIpc) is 0. The predicted octanol–water partition coefficient (Wildman–Crippen LogP) is -0.779. The van der Waals surface area contributed by atoms with E-state index in [1.165, 1.54) is 0 Å². The van der Waals surface area contributed by atoms with Crippen LogP contribution in [0.1, 0.15) is 0 Å². The Morgan fingerprint density at radius 1 is 0.333 bits per heavy atom. The number of hydrogen-bond donors (Lipinski definition) is 0. The Kier molecular flexibility index (Phi) is 985. The van der Waals surface area contributed by atoms with E-state index >= 15 is 0 Å². The van der Waals surface area contributed by atoms with Crippen LogP contribution in [-0.4, -0.2) is 48.9 Å². The van der Waals surface area contributed by atoms with E-state index in [0.29, 0.717) is 0 Å². The molecule has 0 aromatic rings. The fourth-order valence-electron chi connectivity index (χ4n) is 0. The first kappa shape index (κ1) is 106. The zero-order valence-electron chi connectivity index (χ0n) is 3.60. The van der Waals surface area contributed by atoms with E-state index in [2.05, 4.69) is 0 Å². The molecule has 0 rings (SSSR count). The Morgan fingerprint density at radius 2 is 0.333 bits per heavy atom. The molecule has 9 heteroatoms. The molecule has 0 spiro atoms. The molecule has 9 heavy (non-hydrogen) atoms. The van der Waals surface area contributed by atoms with E-state index in [4.69, 9.17) is 0 Å². The van der Waals surface area contributed by atoms with Crippen molar-refractivity contribution in [1.82, 2.24) is 0 Å². The Bertz CT molecular complexity index is 12.9. The fraction of sp³-hybridized carbons (Fsp3) is 0. The zero-order valence-corrected chi connectivity index (χ0v) is 14.9. The minimum absolute atomic E-state index is 0. The van der Waals surface area contributed by atoms with Crippen LogP contribution >= 0.6 is 0 Å². The van der Waals surface area contributed by atoms with Gasteiger partial charge in [0.15, 0.2) is 0 Å². The maximum absolute atomic E-state index is 0. The van der Waals surface area contributed by atoms with Gasteiger partial charge in [-0.1, -0.05) is 0 Å². The van der Waals surface area contributed by atoms with Crippen molar-refractivity contribution in [2.45, 2.75) is 0 Å². The van der Waals surface area contributed by atoms with Crippen molar-refractivity contribution in [2.75, 3.05) is 0 Å². The topological polar surface area (TPSA) is 0 Å². The van der Waals surface area contributed by atoms with Crippen molar-refractivity contribution in [3.63, 3.8) is 0 Å². The summed E-state index contributed by atoms with van der Waals surface area (Å²) < 4.78 is 0. The quantitative estimate of drug-likeness (QED) is 0.367. The molecule has 0 unspecified atom stereocenters. The molecule has 0 saturated carbocycles. The molecule has 0 saturated heterocycles. The molecule has 0 atom stereocenters. The summed E-state index contributed by atoms with van der Waals surface area (Å²) in [6.07, 6.45) is 0. The van der Waals surface area contributed by atoms with Gasteiger partial charge in [0.05, 0.1) is 0 Å². The molecule has 0 bridgehead atoms. The molecule has 0 fully saturated rings. The molecular formula is Co2S5Sb2. The van der Waals surface area contributed by atoms with Gasteiger partial charge in [-0.15, -0.1) is 0 Å². The maximum Gasteiger partial charge on any atom is 3.00 e. The first-order valence-electron chi connectivity index (χ1n) is 0. The summed E-state index contributed by atoms with van der Waals surface area (Å²) in [4.78, 5) is 0. The fourth-order valence-corrected chi connectivity index (χ4v) is 0. The monoisotopic (exact) mass is 520 g/mol. The zero-order chi connectivity index (χ0) is 0. The van der Waals surface area contributed by atoms with E-state index in [1.807, 2.05) is 0 Å². The Balaban J connectivity index is 0. The third-order valence-electron chi connectivity index (χ3n) is 0. The van der Waals surface area contributed by atoms with Crippen LogP contribution in [0.2, 0.25) is 0 Å². The summed E-state index contributed by atoms with van der Waals surface area (Å²) >= 11 is 0. The molecule has 0 aliphatic carbocycles. The molecule has 0 aliphatic rings. The van der Waals surface area contributed by atoms with E-state index in [-0.39, 0.29) is 150 Å². The van der Waals surface area contributed by atoms with E-state index in [9.17, 15) is 0 Å². The second kappa shape index (κ2) is 83.2. The Morgan fingerprint density at radius 3 is 0.333 bits per heavy atom. The summed E-state index contributed by atoms with van der Waals surface area (Å²) in [5, 5.41) is 0. The second-order valence-corrected chi connectivity index (χ2v) is 0. The van der Waals surface area contributed by atoms with E-state index in [1.54, 1.807) is 0 Å². The van der Waals surface area contributed by atoms with Gasteiger partial charge in [0, 0.05) is 0 Å². The molecule has 0 nitrogen and oxygen atoms in total. The van der Waals surface area contributed by atoms with Crippen LogP contribution in [0.4, 0.5) is 0 Å². The van der Waals surface area contributed by atoms with Gasteiger partial charge in [-0.2, -0.15) is 0 Å². The molecule has 6 radical (unpaired) electrons. The molecule has 58 valence electrons. The molecule has 0 N–H and O–H groups in total. The van der Waals surface area contributed by atoms with Gasteiger partial charge in [0.25, 0.3) is 0 Å². The Labute approximate surface area is 147 Å². The average molecular weight is 522 g/mol. The second-order valence-electron chi connectivity index (χ2n) is 0. The van der Waals surface area contributed by atoms with Crippen LogP contribution in [0.15, 0.2) is 0 Å². The number of hydrogen-bond acceptors (Lipinski definition) is 0. The first-order valence-corrected chi connectivity index (χ1v) is 0. The Hall–Kier alpha value is 4.40. The normalized spacial score (nSPS) is 0. The standard InChI is InChI=1S/2Co.5S.2Sb/q2*+2;5*-2;2*+3. The van der Waals surface area contributed by atoms with Gasteiger partial charge in [-0.05, 0) is 0 Å². The molecule has 0 aromatic carbocycles. The SMILES string of the molecule is [Co+2].[Co+2].[S-2].[S-2].[S-2].[S-2].[S-2].[Sb+3].[Sb+3]. The third kappa shape index (κ3) is 69.3. The summed E-state index contributed by atoms with van der Waals surface area (Å²) in [6.45, 7) is 0. The van der Waals surface area contributed by atoms with Crippen LogP contribution in [-0.2, 0) is 101 Å². The van der Waals surface area contributed by atoms with Crippen molar-refractivity contribution in [1.29, 1.82) is 0 Å². The van der Waals surface area contributed by atoms with Crippen molar-refractivity contribution >= 4 is 116 Å². The molecule has 0 amide bonds. The largest absolute Gasteiger partial charge is 3.00 e. The number of rotatable bonds is 0. The van der Waals surface area contributed by atoms with E-state index in [0.717, 1.165) is 0 Å². The molecule has 0 aromatic heterocycles. The van der Waals surface area contributed by atoms with Gasteiger partial charge in [0.2, 0.25) is 0 Å². The maximum atomic E-state index is 0. The van der Waals surface area contributed by atoms with Crippen LogP contribution in [0.3, 0.4) is 0 Å². The van der Waals surface area contributed by atoms with Gasteiger partial charge in [-0.3, -0.25) is 0 Å². The first-order chi connectivity index (χ1) is 0. The molecular weight excluding hydrogens is 522 g/mol. The predicted molar refractivity (Wildman–Crippen MR) is 48.3 cm³/mol. The van der Waals surface area contributed by atoms with Gasteiger partial charge in [0.1, 0.15) is 0 Å². The molecule has 0 aliphatic heterocycles. The summed E-state index contributed by atoms with van der Waals surface area (Å²) in [6, 6.07) is 0. The van der Waals surface area contributed by atoms with Gasteiger partial charge in [-0.25, -0.2) is 0 Å².